The Bertz CT molecular complexity index is 769. The van der Waals surface area contributed by atoms with Crippen LogP contribution < -0.4 is 0 Å². The lowest BCUT2D eigenvalue weighted by atomic mass is 10.0. The third kappa shape index (κ3) is 2.75. The van der Waals surface area contributed by atoms with Gasteiger partial charge in [0.2, 0.25) is 0 Å². The molecule has 0 saturated carbocycles. The van der Waals surface area contributed by atoms with Gasteiger partial charge in [0.05, 0.1) is 0 Å². The van der Waals surface area contributed by atoms with Gasteiger partial charge in [-0.25, -0.2) is 4.79 Å². The Morgan fingerprint density at radius 3 is 2.95 bits per heavy atom. The van der Waals surface area contributed by atoms with E-state index in [-0.39, 0.29) is 4.48 Å². The summed E-state index contributed by atoms with van der Waals surface area (Å²) in [7, 11) is 2.07. The van der Waals surface area contributed by atoms with E-state index in [0.717, 1.165) is 34.1 Å². The van der Waals surface area contributed by atoms with Crippen LogP contribution in [0.3, 0.4) is 0 Å². The second kappa shape index (κ2) is 5.72. The molecule has 0 atom stereocenters. The first kappa shape index (κ1) is 15.0. The van der Waals surface area contributed by atoms with Gasteiger partial charge >= 0.3 is 5.97 Å². The second-order valence-electron chi connectivity index (χ2n) is 5.13. The Labute approximate surface area is 139 Å². The van der Waals surface area contributed by atoms with Crippen molar-refractivity contribution in [2.45, 2.75) is 13.0 Å². The zero-order valence-corrected chi connectivity index (χ0v) is 14.5. The molecule has 0 bridgehead atoms. The van der Waals surface area contributed by atoms with Crippen LogP contribution in [0.4, 0.5) is 0 Å². The van der Waals surface area contributed by atoms with Crippen molar-refractivity contribution < 1.29 is 9.90 Å². The molecule has 0 radical (unpaired) electrons. The van der Waals surface area contributed by atoms with Crippen molar-refractivity contribution in [2.75, 3.05) is 13.6 Å². The molecule has 0 fully saturated rings. The Balaban J connectivity index is 2.28. The van der Waals surface area contributed by atoms with Crippen molar-refractivity contribution in [3.63, 3.8) is 0 Å². The molecular formula is C15H13BrClNO2S. The summed E-state index contributed by atoms with van der Waals surface area (Å²) >= 11 is 11.1. The highest BCUT2D eigenvalue weighted by Crippen LogP contribution is 2.40. The summed E-state index contributed by atoms with van der Waals surface area (Å²) in [5.74, 6) is -0.958. The summed E-state index contributed by atoms with van der Waals surface area (Å²) in [5, 5.41) is 11.1. The van der Waals surface area contributed by atoms with Crippen molar-refractivity contribution in [2.24, 2.45) is 0 Å². The summed E-state index contributed by atoms with van der Waals surface area (Å²) < 4.78 is 1.33. The number of carboxylic acid groups (broad SMARTS) is 1. The van der Waals surface area contributed by atoms with Crippen LogP contribution in [0.25, 0.3) is 16.2 Å². The minimum absolute atomic E-state index is 0.171. The van der Waals surface area contributed by atoms with Gasteiger partial charge in [0, 0.05) is 33.1 Å². The van der Waals surface area contributed by atoms with Crippen LogP contribution in [-0.4, -0.2) is 29.6 Å². The van der Waals surface area contributed by atoms with E-state index in [0.29, 0.717) is 0 Å². The predicted octanol–water partition coefficient (Wildman–Crippen LogP) is 4.36. The fourth-order valence-electron chi connectivity index (χ4n) is 2.67. The molecule has 21 heavy (non-hydrogen) atoms. The van der Waals surface area contributed by atoms with Gasteiger partial charge < -0.3 is 10.0 Å². The molecule has 0 amide bonds. The number of thiophene rings is 1. The van der Waals surface area contributed by atoms with Crippen molar-refractivity contribution in [1.29, 1.82) is 0 Å². The Kier molecular flexibility index (Phi) is 4.10. The highest BCUT2D eigenvalue weighted by atomic mass is 79.9. The number of carbonyl (C=O) groups is 1. The normalized spacial score (nSPS) is 16.2. The standard InChI is InChI=1S/C15H13BrClNO2S/c1-18-5-4-8-11(17)2-3-12-14(8)9(7-18)13(21-12)6-10(16)15(19)20/h2-3,6H,4-5,7H2,1H3,(H,19,20). The molecule has 1 aromatic heterocycles. The van der Waals surface area contributed by atoms with Gasteiger partial charge in [-0.05, 0) is 58.7 Å². The molecule has 110 valence electrons. The molecule has 1 aliphatic rings. The topological polar surface area (TPSA) is 40.5 Å². The number of benzene rings is 1. The fourth-order valence-corrected chi connectivity index (χ4v) is 4.49. The number of aliphatic carboxylic acids is 1. The van der Waals surface area contributed by atoms with Crippen molar-refractivity contribution >= 4 is 61.0 Å². The number of rotatable bonds is 2. The highest BCUT2D eigenvalue weighted by molar-refractivity contribution is 9.12. The smallest absolute Gasteiger partial charge is 0.342 e. The third-order valence-electron chi connectivity index (χ3n) is 3.67. The molecule has 0 spiro atoms. The summed E-state index contributed by atoms with van der Waals surface area (Å²) in [5.41, 5.74) is 2.35. The van der Waals surface area contributed by atoms with Crippen LogP contribution in [-0.2, 0) is 17.8 Å². The molecule has 6 heteroatoms. The molecule has 1 aliphatic heterocycles. The molecule has 0 aliphatic carbocycles. The van der Waals surface area contributed by atoms with Gasteiger partial charge in [0.25, 0.3) is 0 Å². The van der Waals surface area contributed by atoms with E-state index in [2.05, 4.69) is 27.9 Å². The number of hydrogen-bond donors (Lipinski definition) is 1. The summed E-state index contributed by atoms with van der Waals surface area (Å²) in [4.78, 5) is 14.3. The summed E-state index contributed by atoms with van der Waals surface area (Å²) in [6.45, 7) is 1.75. The Hall–Kier alpha value is -0.880. The molecule has 0 saturated heterocycles. The van der Waals surface area contributed by atoms with Crippen molar-refractivity contribution in [1.82, 2.24) is 4.90 Å². The Morgan fingerprint density at radius 1 is 1.48 bits per heavy atom. The van der Waals surface area contributed by atoms with E-state index in [1.165, 1.54) is 16.5 Å². The minimum atomic E-state index is -0.958. The third-order valence-corrected chi connectivity index (χ3v) is 5.74. The van der Waals surface area contributed by atoms with Gasteiger partial charge in [0.15, 0.2) is 0 Å². The van der Waals surface area contributed by atoms with E-state index in [9.17, 15) is 4.79 Å². The second-order valence-corrected chi connectivity index (χ2v) is 7.47. The molecule has 0 unspecified atom stereocenters. The first-order chi connectivity index (χ1) is 9.97. The largest absolute Gasteiger partial charge is 0.477 e. The monoisotopic (exact) mass is 385 g/mol. The molecular weight excluding hydrogens is 374 g/mol. The van der Waals surface area contributed by atoms with Gasteiger partial charge in [-0.2, -0.15) is 0 Å². The SMILES string of the molecule is CN1CCc2c(Cl)ccc3sc(C=C(Br)C(=O)O)c(c23)C1. The average molecular weight is 387 g/mol. The van der Waals surface area contributed by atoms with E-state index in [1.54, 1.807) is 17.4 Å². The van der Waals surface area contributed by atoms with Gasteiger partial charge in [-0.15, -0.1) is 11.3 Å². The predicted molar refractivity (Wildman–Crippen MR) is 91.4 cm³/mol. The molecule has 3 rings (SSSR count). The van der Waals surface area contributed by atoms with Crippen molar-refractivity contribution in [3.05, 3.63) is 37.6 Å². The van der Waals surface area contributed by atoms with E-state index in [1.807, 2.05) is 12.1 Å². The van der Waals surface area contributed by atoms with Gasteiger partial charge in [-0.1, -0.05) is 11.6 Å². The highest BCUT2D eigenvalue weighted by Gasteiger charge is 2.21. The maximum Gasteiger partial charge on any atom is 0.342 e. The van der Waals surface area contributed by atoms with E-state index >= 15 is 0 Å². The van der Waals surface area contributed by atoms with Crippen LogP contribution in [0.1, 0.15) is 16.0 Å². The molecule has 2 heterocycles. The van der Waals surface area contributed by atoms with Gasteiger partial charge in [0.1, 0.15) is 4.48 Å². The van der Waals surface area contributed by atoms with Crippen LogP contribution in [0, 0.1) is 0 Å². The number of nitrogens with zero attached hydrogens (tertiary/aromatic N) is 1. The quantitative estimate of drug-likeness (QED) is 0.780. The molecule has 1 aromatic carbocycles. The zero-order chi connectivity index (χ0) is 15.1. The zero-order valence-electron chi connectivity index (χ0n) is 11.3. The molecule has 2 aromatic rings. The maximum atomic E-state index is 11.0. The van der Waals surface area contributed by atoms with E-state index in [4.69, 9.17) is 16.7 Å². The van der Waals surface area contributed by atoms with Crippen LogP contribution in [0.5, 0.6) is 0 Å². The van der Waals surface area contributed by atoms with Crippen LogP contribution in [0.2, 0.25) is 5.02 Å². The minimum Gasteiger partial charge on any atom is -0.477 e. The van der Waals surface area contributed by atoms with Crippen LogP contribution >= 0.6 is 38.9 Å². The first-order valence-corrected chi connectivity index (χ1v) is 8.48. The lowest BCUT2D eigenvalue weighted by Gasteiger charge is -2.13. The van der Waals surface area contributed by atoms with Crippen LogP contribution in [0.15, 0.2) is 16.6 Å². The lowest BCUT2D eigenvalue weighted by Crippen LogP contribution is -2.18. The number of likely N-dealkylation sites (N-methyl/N-ethyl adjacent to an activating group) is 1. The van der Waals surface area contributed by atoms with E-state index < -0.39 is 5.97 Å². The van der Waals surface area contributed by atoms with Crippen molar-refractivity contribution in [3.8, 4) is 0 Å². The number of hydrogen-bond acceptors (Lipinski definition) is 3. The summed E-state index contributed by atoms with van der Waals surface area (Å²) in [6.07, 6.45) is 2.61. The number of carboxylic acids is 1. The number of halogens is 2. The average Bonchev–Trinajstić information content (AvgIpc) is 2.64. The molecule has 3 nitrogen and oxygen atoms in total. The Morgan fingerprint density at radius 2 is 2.24 bits per heavy atom. The van der Waals surface area contributed by atoms with Gasteiger partial charge in [-0.3, -0.25) is 0 Å². The maximum absolute atomic E-state index is 11.0. The fraction of sp³-hybridized carbons (Fsp3) is 0.267. The lowest BCUT2D eigenvalue weighted by molar-refractivity contribution is -0.131. The molecule has 1 N–H and O–H groups in total. The summed E-state index contributed by atoms with van der Waals surface area (Å²) in [6, 6.07) is 3.96. The first-order valence-electron chi connectivity index (χ1n) is 6.49.